The number of carbonyl (C=O) groups excluding carboxylic acids is 2. The maximum absolute atomic E-state index is 12.0. The van der Waals surface area contributed by atoms with E-state index in [9.17, 15) is 9.59 Å². The summed E-state index contributed by atoms with van der Waals surface area (Å²) in [6.07, 6.45) is 6.87. The minimum atomic E-state index is -0.500. The van der Waals surface area contributed by atoms with Crippen LogP contribution in [0.5, 0.6) is 0 Å². The Kier molecular flexibility index (Phi) is 6.67. The quantitative estimate of drug-likeness (QED) is 0.722. The monoisotopic (exact) mass is 269 g/mol. The predicted octanol–water partition coefficient (Wildman–Crippen LogP) is 1.86. The Hall–Kier alpha value is -1.26. The lowest BCUT2D eigenvalue weighted by Crippen LogP contribution is -2.39. The Morgan fingerprint density at radius 2 is 1.84 bits per heavy atom. The minimum Gasteiger partial charge on any atom is -0.352 e. The average molecular weight is 269 g/mol. The van der Waals surface area contributed by atoms with Gasteiger partial charge in [-0.05, 0) is 44.4 Å². The smallest absolute Gasteiger partial charge is 0.312 e. The normalized spacial score (nSPS) is 22.8. The molecule has 19 heavy (non-hydrogen) atoms. The number of nitrogens with two attached hydrogens (primary N) is 1. The van der Waals surface area contributed by atoms with Crippen LogP contribution in [-0.2, 0) is 4.79 Å². The average Bonchev–Trinajstić information content (AvgIpc) is 2.37. The SMILES string of the molecule is CC1CCC(N(C)C(=O)CCCCNC(N)=O)CC1. The summed E-state index contributed by atoms with van der Waals surface area (Å²) in [5.41, 5.74) is 4.97. The molecule has 0 aromatic heterocycles. The largest absolute Gasteiger partial charge is 0.352 e. The first kappa shape index (κ1) is 15.8. The van der Waals surface area contributed by atoms with Crippen LogP contribution in [-0.4, -0.2) is 36.5 Å². The van der Waals surface area contributed by atoms with Crippen LogP contribution in [0.25, 0.3) is 0 Å². The fraction of sp³-hybridized carbons (Fsp3) is 0.857. The van der Waals surface area contributed by atoms with E-state index in [0.717, 1.165) is 31.6 Å². The topological polar surface area (TPSA) is 75.4 Å². The van der Waals surface area contributed by atoms with Crippen molar-refractivity contribution in [1.29, 1.82) is 0 Å². The van der Waals surface area contributed by atoms with Gasteiger partial charge in [0.2, 0.25) is 5.91 Å². The lowest BCUT2D eigenvalue weighted by atomic mass is 9.86. The molecule has 0 aliphatic heterocycles. The molecule has 1 aliphatic rings. The third-order valence-electron chi connectivity index (χ3n) is 4.04. The van der Waals surface area contributed by atoms with Crippen LogP contribution >= 0.6 is 0 Å². The fourth-order valence-corrected chi connectivity index (χ4v) is 2.62. The Balaban J connectivity index is 2.16. The second kappa shape index (κ2) is 8.02. The maximum atomic E-state index is 12.0. The summed E-state index contributed by atoms with van der Waals surface area (Å²) >= 11 is 0. The van der Waals surface area contributed by atoms with Crippen LogP contribution in [0.2, 0.25) is 0 Å². The highest BCUT2D eigenvalue weighted by atomic mass is 16.2. The summed E-state index contributed by atoms with van der Waals surface area (Å²) in [4.78, 5) is 24.4. The molecule has 0 unspecified atom stereocenters. The summed E-state index contributed by atoms with van der Waals surface area (Å²) < 4.78 is 0. The second-order valence-corrected chi connectivity index (χ2v) is 5.67. The molecule has 1 fully saturated rings. The van der Waals surface area contributed by atoms with Crippen LogP contribution in [0.4, 0.5) is 4.79 Å². The third kappa shape index (κ3) is 5.94. The van der Waals surface area contributed by atoms with Crippen LogP contribution in [0, 0.1) is 5.92 Å². The van der Waals surface area contributed by atoms with Crippen molar-refractivity contribution < 1.29 is 9.59 Å². The van der Waals surface area contributed by atoms with Gasteiger partial charge in [0, 0.05) is 26.1 Å². The number of nitrogens with zero attached hydrogens (tertiary/aromatic N) is 1. The standard InChI is InChI=1S/C14H27N3O2/c1-11-6-8-12(9-7-11)17(2)13(18)5-3-4-10-16-14(15)19/h11-12H,3-10H2,1-2H3,(H3,15,16,19). The van der Waals surface area contributed by atoms with Crippen molar-refractivity contribution in [3.8, 4) is 0 Å². The summed E-state index contributed by atoms with van der Waals surface area (Å²) in [7, 11) is 1.92. The molecule has 0 saturated heterocycles. The maximum Gasteiger partial charge on any atom is 0.312 e. The predicted molar refractivity (Wildman–Crippen MR) is 75.6 cm³/mol. The molecule has 110 valence electrons. The second-order valence-electron chi connectivity index (χ2n) is 5.67. The zero-order valence-electron chi connectivity index (χ0n) is 12.2. The van der Waals surface area contributed by atoms with Crippen LogP contribution in [0.3, 0.4) is 0 Å². The molecule has 0 bridgehead atoms. The molecule has 0 radical (unpaired) electrons. The van der Waals surface area contributed by atoms with Crippen molar-refractivity contribution in [2.45, 2.75) is 57.9 Å². The summed E-state index contributed by atoms with van der Waals surface area (Å²) in [5, 5.41) is 2.53. The van der Waals surface area contributed by atoms with Gasteiger partial charge in [0.15, 0.2) is 0 Å². The highest BCUT2D eigenvalue weighted by Gasteiger charge is 2.24. The number of rotatable bonds is 6. The van der Waals surface area contributed by atoms with Gasteiger partial charge in [0.25, 0.3) is 0 Å². The van der Waals surface area contributed by atoms with E-state index in [-0.39, 0.29) is 5.91 Å². The number of primary amides is 1. The van der Waals surface area contributed by atoms with Crippen LogP contribution in [0.15, 0.2) is 0 Å². The van der Waals surface area contributed by atoms with E-state index in [1.165, 1.54) is 12.8 Å². The van der Waals surface area contributed by atoms with E-state index in [2.05, 4.69) is 12.2 Å². The summed E-state index contributed by atoms with van der Waals surface area (Å²) in [5.74, 6) is 1.03. The van der Waals surface area contributed by atoms with Gasteiger partial charge in [0.1, 0.15) is 0 Å². The van der Waals surface area contributed by atoms with E-state index in [1.54, 1.807) is 0 Å². The van der Waals surface area contributed by atoms with Crippen molar-refractivity contribution in [3.63, 3.8) is 0 Å². The molecule has 1 saturated carbocycles. The van der Waals surface area contributed by atoms with Crippen molar-refractivity contribution in [2.75, 3.05) is 13.6 Å². The molecular weight excluding hydrogens is 242 g/mol. The molecule has 1 aliphatic carbocycles. The third-order valence-corrected chi connectivity index (χ3v) is 4.04. The lowest BCUT2D eigenvalue weighted by Gasteiger charge is -2.33. The number of unbranched alkanes of at least 4 members (excludes halogenated alkanes) is 1. The Bertz CT molecular complexity index is 299. The summed E-state index contributed by atoms with van der Waals surface area (Å²) in [6.45, 7) is 2.83. The fourth-order valence-electron chi connectivity index (χ4n) is 2.62. The van der Waals surface area contributed by atoms with Crippen molar-refractivity contribution >= 4 is 11.9 Å². The van der Waals surface area contributed by atoms with Gasteiger partial charge in [-0.15, -0.1) is 0 Å². The summed E-state index contributed by atoms with van der Waals surface area (Å²) in [6, 6.07) is -0.0767. The molecule has 0 aromatic rings. The Labute approximate surface area is 115 Å². The first-order chi connectivity index (χ1) is 9.00. The minimum absolute atomic E-state index is 0.221. The molecule has 1 rings (SSSR count). The molecule has 0 aromatic carbocycles. The van der Waals surface area contributed by atoms with E-state index in [4.69, 9.17) is 5.73 Å². The Morgan fingerprint density at radius 3 is 2.42 bits per heavy atom. The molecule has 0 atom stereocenters. The highest BCUT2D eigenvalue weighted by molar-refractivity contribution is 5.76. The van der Waals surface area contributed by atoms with Gasteiger partial charge in [0.05, 0.1) is 0 Å². The first-order valence-electron chi connectivity index (χ1n) is 7.29. The van der Waals surface area contributed by atoms with Crippen molar-refractivity contribution in [1.82, 2.24) is 10.2 Å². The van der Waals surface area contributed by atoms with Gasteiger partial charge < -0.3 is 16.0 Å². The molecule has 5 heteroatoms. The number of hydrogen-bond donors (Lipinski definition) is 2. The zero-order valence-corrected chi connectivity index (χ0v) is 12.2. The van der Waals surface area contributed by atoms with Gasteiger partial charge in [-0.2, -0.15) is 0 Å². The molecular formula is C14H27N3O2. The number of urea groups is 1. The van der Waals surface area contributed by atoms with Gasteiger partial charge >= 0.3 is 6.03 Å². The Morgan fingerprint density at radius 1 is 1.21 bits per heavy atom. The van der Waals surface area contributed by atoms with Crippen LogP contribution in [0.1, 0.15) is 51.9 Å². The van der Waals surface area contributed by atoms with E-state index in [1.807, 2.05) is 11.9 Å². The number of carbonyl (C=O) groups is 2. The van der Waals surface area contributed by atoms with Gasteiger partial charge in [-0.3, -0.25) is 4.79 Å². The van der Waals surface area contributed by atoms with Crippen LogP contribution < -0.4 is 11.1 Å². The van der Waals surface area contributed by atoms with Crippen molar-refractivity contribution in [2.24, 2.45) is 11.7 Å². The van der Waals surface area contributed by atoms with E-state index >= 15 is 0 Å². The molecule has 3 N–H and O–H groups in total. The van der Waals surface area contributed by atoms with E-state index in [0.29, 0.717) is 19.0 Å². The lowest BCUT2D eigenvalue weighted by molar-refractivity contribution is -0.132. The van der Waals surface area contributed by atoms with Gasteiger partial charge in [-0.25, -0.2) is 4.79 Å². The first-order valence-corrected chi connectivity index (χ1v) is 7.29. The highest BCUT2D eigenvalue weighted by Crippen LogP contribution is 2.26. The molecule has 0 spiro atoms. The number of hydrogen-bond acceptors (Lipinski definition) is 2. The van der Waals surface area contributed by atoms with Crippen molar-refractivity contribution in [3.05, 3.63) is 0 Å². The molecule has 5 nitrogen and oxygen atoms in total. The number of amides is 3. The zero-order chi connectivity index (χ0) is 14.3. The van der Waals surface area contributed by atoms with E-state index < -0.39 is 6.03 Å². The number of nitrogens with one attached hydrogen (secondary N) is 1. The molecule has 3 amide bonds. The van der Waals surface area contributed by atoms with Gasteiger partial charge in [-0.1, -0.05) is 6.92 Å². The molecule has 0 heterocycles.